The molecule has 1 aliphatic carbocycles. The maximum atomic E-state index is 11.8. The van der Waals surface area contributed by atoms with E-state index in [1.54, 1.807) is 23.7 Å². The number of carbonyl (C=O) groups excluding carboxylic acids is 1. The highest BCUT2D eigenvalue weighted by atomic mass is 32.1. The Morgan fingerprint density at radius 1 is 1.21 bits per heavy atom. The molecule has 170 valence electrons. The number of carbonyl (C=O) groups is 1. The number of amides is 1. The highest BCUT2D eigenvalue weighted by molar-refractivity contribution is 7.19. The molecule has 0 unspecified atom stereocenters. The molecular formula is C26H24N6OS. The van der Waals surface area contributed by atoms with E-state index >= 15 is 0 Å². The maximum Gasteiger partial charge on any atom is 0.230 e. The first kappa shape index (κ1) is 20.8. The molecule has 5 aromatic rings. The lowest BCUT2D eigenvalue weighted by atomic mass is 9.97. The van der Waals surface area contributed by atoms with E-state index in [0.29, 0.717) is 6.54 Å². The van der Waals surface area contributed by atoms with Gasteiger partial charge in [0.1, 0.15) is 5.01 Å². The van der Waals surface area contributed by atoms with E-state index in [2.05, 4.69) is 57.1 Å². The van der Waals surface area contributed by atoms with Crippen LogP contribution in [0.3, 0.4) is 0 Å². The van der Waals surface area contributed by atoms with Crippen LogP contribution >= 0.6 is 11.3 Å². The molecule has 1 saturated carbocycles. The summed E-state index contributed by atoms with van der Waals surface area (Å²) in [6.45, 7) is 2.44. The van der Waals surface area contributed by atoms with Crippen LogP contribution < -0.4 is 0 Å². The Kier molecular flexibility index (Phi) is 4.84. The van der Waals surface area contributed by atoms with Crippen LogP contribution in [0.5, 0.6) is 0 Å². The second-order valence-electron chi connectivity index (χ2n) is 8.87. The number of rotatable bonds is 7. The fraction of sp³-hybridized carbons (Fsp3) is 0.231. The predicted octanol–water partition coefficient (Wildman–Crippen LogP) is 4.89. The third-order valence-electron chi connectivity index (χ3n) is 6.91. The van der Waals surface area contributed by atoms with Crippen LogP contribution in [-0.4, -0.2) is 37.4 Å². The van der Waals surface area contributed by atoms with Crippen molar-refractivity contribution >= 4 is 45.2 Å². The topological polar surface area (TPSA) is 79.2 Å². The number of H-pyrrole nitrogens is 1. The van der Waals surface area contributed by atoms with E-state index in [0.717, 1.165) is 62.3 Å². The number of aryl methyl sites for hydroxylation is 1. The summed E-state index contributed by atoms with van der Waals surface area (Å²) in [5, 5.41) is 15.2. The Bertz CT molecular complexity index is 1540. The number of aromatic nitrogens is 4. The molecular weight excluding hydrogens is 444 g/mol. The Morgan fingerprint density at radius 3 is 2.79 bits per heavy atom. The number of nitrogens with zero attached hydrogens (tertiary/aromatic N) is 5. The standard InChI is InChI=1S/C26H24N6OS/c1-17-20(14-28-32(16-33)15-18-7-6-10-22-21(18)13-27-30-22)23-24(31(17)2)29-25(34-23)26(11-12-26)19-8-4-3-5-9-19/h3-10,13-14,16H,11-12,15H2,1-2H3,(H,27,30)/b28-14-. The molecule has 0 atom stereocenters. The summed E-state index contributed by atoms with van der Waals surface area (Å²) >= 11 is 1.75. The Hall–Kier alpha value is -3.78. The molecule has 3 aromatic heterocycles. The Morgan fingerprint density at radius 2 is 2.03 bits per heavy atom. The minimum atomic E-state index is 0.0331. The molecule has 1 amide bonds. The average Bonchev–Trinajstić information content (AvgIpc) is 3.22. The van der Waals surface area contributed by atoms with Crippen LogP contribution in [0.15, 0.2) is 59.8 Å². The molecule has 6 rings (SSSR count). The van der Waals surface area contributed by atoms with Crippen LogP contribution in [-0.2, 0) is 23.8 Å². The third kappa shape index (κ3) is 3.25. The minimum absolute atomic E-state index is 0.0331. The summed E-state index contributed by atoms with van der Waals surface area (Å²) in [5.41, 5.74) is 6.37. The normalized spacial score (nSPS) is 14.9. The van der Waals surface area contributed by atoms with Crippen LogP contribution in [0.25, 0.3) is 21.3 Å². The number of benzene rings is 2. The summed E-state index contributed by atoms with van der Waals surface area (Å²) in [5.74, 6) is 0. The highest BCUT2D eigenvalue weighted by Crippen LogP contribution is 2.55. The van der Waals surface area contributed by atoms with E-state index in [-0.39, 0.29) is 5.41 Å². The average molecular weight is 469 g/mol. The fourth-order valence-electron chi connectivity index (χ4n) is 4.66. The van der Waals surface area contributed by atoms with Crippen molar-refractivity contribution in [3.63, 3.8) is 0 Å². The van der Waals surface area contributed by atoms with Gasteiger partial charge in [-0.15, -0.1) is 11.3 Å². The van der Waals surface area contributed by atoms with Crippen LogP contribution in [0, 0.1) is 6.92 Å². The summed E-state index contributed by atoms with van der Waals surface area (Å²) < 4.78 is 3.23. The van der Waals surface area contributed by atoms with Crippen LogP contribution in [0.4, 0.5) is 0 Å². The molecule has 8 heteroatoms. The first-order valence-electron chi connectivity index (χ1n) is 11.3. The summed E-state index contributed by atoms with van der Waals surface area (Å²) in [7, 11) is 2.04. The number of fused-ring (bicyclic) bond motifs is 2. The molecule has 0 aliphatic heterocycles. The van der Waals surface area contributed by atoms with Gasteiger partial charge in [0.05, 0.1) is 29.2 Å². The molecule has 0 spiro atoms. The van der Waals surface area contributed by atoms with Gasteiger partial charge in [-0.25, -0.2) is 9.99 Å². The SMILES string of the molecule is Cc1c(/C=N\N(C=O)Cc2cccc3[nH]ncc23)c2sc(C3(c4ccccc4)CC3)nc2n1C. The molecule has 1 aliphatic rings. The lowest BCUT2D eigenvalue weighted by Gasteiger charge is -2.12. The van der Waals surface area contributed by atoms with Crippen molar-refractivity contribution < 1.29 is 4.79 Å². The largest absolute Gasteiger partial charge is 0.332 e. The van der Waals surface area contributed by atoms with Crippen molar-refractivity contribution in [1.29, 1.82) is 0 Å². The van der Waals surface area contributed by atoms with Gasteiger partial charge in [-0.3, -0.25) is 9.89 Å². The van der Waals surface area contributed by atoms with Gasteiger partial charge in [0.25, 0.3) is 0 Å². The van der Waals surface area contributed by atoms with Crippen molar-refractivity contribution in [2.45, 2.75) is 31.7 Å². The lowest BCUT2D eigenvalue weighted by molar-refractivity contribution is -0.118. The van der Waals surface area contributed by atoms with Crippen LogP contribution in [0.1, 0.15) is 40.2 Å². The summed E-state index contributed by atoms with van der Waals surface area (Å²) in [6.07, 6.45) is 6.58. The molecule has 7 nitrogen and oxygen atoms in total. The molecule has 0 radical (unpaired) electrons. The van der Waals surface area contributed by atoms with Gasteiger partial charge in [-0.1, -0.05) is 42.5 Å². The lowest BCUT2D eigenvalue weighted by Crippen LogP contribution is -2.15. The van der Waals surface area contributed by atoms with E-state index < -0.39 is 0 Å². The number of aromatic amines is 1. The van der Waals surface area contributed by atoms with Gasteiger partial charge in [-0.05, 0) is 37.0 Å². The van der Waals surface area contributed by atoms with E-state index in [1.165, 1.54) is 10.6 Å². The Labute approximate surface area is 200 Å². The van der Waals surface area contributed by atoms with Gasteiger partial charge in [-0.2, -0.15) is 10.2 Å². The minimum Gasteiger partial charge on any atom is -0.332 e. The van der Waals surface area contributed by atoms with Crippen molar-refractivity contribution in [3.05, 3.63) is 82.1 Å². The second-order valence-corrected chi connectivity index (χ2v) is 9.87. The Balaban J connectivity index is 1.34. The first-order chi connectivity index (χ1) is 16.6. The van der Waals surface area contributed by atoms with E-state index in [4.69, 9.17) is 4.98 Å². The van der Waals surface area contributed by atoms with E-state index in [1.807, 2.05) is 25.2 Å². The molecule has 34 heavy (non-hydrogen) atoms. The molecule has 0 bridgehead atoms. The van der Waals surface area contributed by atoms with Crippen molar-refractivity contribution in [2.75, 3.05) is 0 Å². The van der Waals surface area contributed by atoms with E-state index in [9.17, 15) is 4.79 Å². The molecule has 3 heterocycles. The monoisotopic (exact) mass is 468 g/mol. The number of thiazole rings is 1. The van der Waals surface area contributed by atoms with Gasteiger partial charge < -0.3 is 4.57 Å². The number of hydrogen-bond donors (Lipinski definition) is 1. The van der Waals surface area contributed by atoms with Gasteiger partial charge >= 0.3 is 0 Å². The summed E-state index contributed by atoms with van der Waals surface area (Å²) in [6, 6.07) is 16.6. The number of hydrazone groups is 1. The first-order valence-corrected chi connectivity index (χ1v) is 12.1. The third-order valence-corrected chi connectivity index (χ3v) is 8.20. The molecule has 1 fully saturated rings. The molecule has 0 saturated heterocycles. The highest BCUT2D eigenvalue weighted by Gasteiger charge is 2.48. The maximum absolute atomic E-state index is 11.8. The summed E-state index contributed by atoms with van der Waals surface area (Å²) in [4.78, 5) is 16.9. The quantitative estimate of drug-likeness (QED) is 0.210. The number of hydrogen-bond acceptors (Lipinski definition) is 5. The zero-order chi connectivity index (χ0) is 23.3. The van der Waals surface area contributed by atoms with Crippen LogP contribution in [0.2, 0.25) is 0 Å². The smallest absolute Gasteiger partial charge is 0.230 e. The molecule has 1 N–H and O–H groups in total. The zero-order valence-corrected chi connectivity index (χ0v) is 19.8. The van der Waals surface area contributed by atoms with Crippen molar-refractivity contribution in [2.24, 2.45) is 12.1 Å². The van der Waals surface area contributed by atoms with Gasteiger partial charge in [0.2, 0.25) is 6.41 Å². The van der Waals surface area contributed by atoms with Gasteiger partial charge in [0.15, 0.2) is 5.65 Å². The second kappa shape index (κ2) is 7.92. The molecule has 2 aromatic carbocycles. The van der Waals surface area contributed by atoms with Crippen molar-refractivity contribution in [3.8, 4) is 0 Å². The van der Waals surface area contributed by atoms with Gasteiger partial charge in [0, 0.05) is 29.1 Å². The fourth-order valence-corrected chi connectivity index (χ4v) is 6.09. The number of nitrogens with one attached hydrogen (secondary N) is 1. The predicted molar refractivity (Wildman–Crippen MR) is 135 cm³/mol. The van der Waals surface area contributed by atoms with Crippen molar-refractivity contribution in [1.82, 2.24) is 24.8 Å². The zero-order valence-electron chi connectivity index (χ0n) is 19.0.